The van der Waals surface area contributed by atoms with Crippen LogP contribution in [0.25, 0.3) is 11.1 Å². The van der Waals surface area contributed by atoms with Crippen molar-refractivity contribution in [3.8, 4) is 23.5 Å². The molecule has 1 aliphatic rings. The molecule has 19 heavy (non-hydrogen) atoms. The van der Waals surface area contributed by atoms with Crippen molar-refractivity contribution in [2.45, 2.75) is 5.60 Å². The second kappa shape index (κ2) is 4.51. The second-order valence-electron chi connectivity index (χ2n) is 4.79. The first-order chi connectivity index (χ1) is 9.21. The third kappa shape index (κ3) is 2.12. The quantitative estimate of drug-likeness (QED) is 0.794. The number of pyridine rings is 1. The highest BCUT2D eigenvalue weighted by atomic mass is 16.3. The lowest BCUT2D eigenvalue weighted by Gasteiger charge is -2.38. The van der Waals surface area contributed by atoms with Crippen LogP contribution in [0.5, 0.6) is 0 Å². The Bertz CT molecular complexity index is 619. The summed E-state index contributed by atoms with van der Waals surface area (Å²) in [5.41, 5.74) is 2.96. The van der Waals surface area contributed by atoms with Crippen molar-refractivity contribution in [1.29, 1.82) is 0 Å². The first-order valence-corrected chi connectivity index (χ1v) is 6.18. The first-order valence-electron chi connectivity index (χ1n) is 6.18. The van der Waals surface area contributed by atoms with E-state index in [0.29, 0.717) is 18.8 Å². The second-order valence-corrected chi connectivity index (χ2v) is 4.79. The molecule has 0 radical (unpaired) electrons. The minimum Gasteiger partial charge on any atom is -0.382 e. The van der Waals surface area contributed by atoms with Gasteiger partial charge in [0, 0.05) is 24.8 Å². The number of β-amino-alcohol motifs (C(OH)–C–C–N with tert-alkyl or cyclic N) is 1. The van der Waals surface area contributed by atoms with Crippen LogP contribution in [-0.2, 0) is 5.60 Å². The standard InChI is InChI=1S/C16H14N2O/c1-2-15-8-5-13(9-18-15)12-3-6-14(7-4-12)16(19)10-17-11-16/h1,3-9,17,19H,10-11H2. The lowest BCUT2D eigenvalue weighted by molar-refractivity contribution is -0.0146. The van der Waals surface area contributed by atoms with Crippen LogP contribution in [0, 0.1) is 12.3 Å². The van der Waals surface area contributed by atoms with Gasteiger partial charge in [-0.15, -0.1) is 6.42 Å². The number of aromatic nitrogens is 1. The van der Waals surface area contributed by atoms with Crippen molar-refractivity contribution in [3.05, 3.63) is 53.9 Å². The van der Waals surface area contributed by atoms with E-state index < -0.39 is 5.60 Å². The van der Waals surface area contributed by atoms with E-state index in [9.17, 15) is 5.11 Å². The molecule has 0 aliphatic carbocycles. The molecule has 0 amide bonds. The number of terminal acetylenes is 1. The van der Waals surface area contributed by atoms with Crippen molar-refractivity contribution in [3.63, 3.8) is 0 Å². The molecule has 0 atom stereocenters. The maximum Gasteiger partial charge on any atom is 0.114 e. The molecule has 1 aliphatic heterocycles. The van der Waals surface area contributed by atoms with Gasteiger partial charge in [0.25, 0.3) is 0 Å². The number of benzene rings is 1. The zero-order chi connectivity index (χ0) is 13.3. The Labute approximate surface area is 112 Å². The van der Waals surface area contributed by atoms with Gasteiger partial charge in [0.1, 0.15) is 11.3 Å². The lowest BCUT2D eigenvalue weighted by atomic mass is 9.87. The molecule has 2 N–H and O–H groups in total. The van der Waals surface area contributed by atoms with E-state index in [0.717, 1.165) is 16.7 Å². The minimum absolute atomic E-state index is 0.616. The van der Waals surface area contributed by atoms with Gasteiger partial charge in [0.2, 0.25) is 0 Å². The molecule has 0 spiro atoms. The molecule has 3 heteroatoms. The average Bonchev–Trinajstić information content (AvgIpc) is 2.45. The predicted octanol–water partition coefficient (Wildman–Crippen LogP) is 1.52. The van der Waals surface area contributed by atoms with E-state index in [4.69, 9.17) is 6.42 Å². The van der Waals surface area contributed by atoms with Gasteiger partial charge in [-0.1, -0.05) is 36.3 Å². The number of hydrogen-bond acceptors (Lipinski definition) is 3. The molecular weight excluding hydrogens is 236 g/mol. The Hall–Kier alpha value is -2.15. The van der Waals surface area contributed by atoms with Crippen LogP contribution in [0.1, 0.15) is 11.3 Å². The zero-order valence-corrected chi connectivity index (χ0v) is 10.4. The van der Waals surface area contributed by atoms with Gasteiger partial charge >= 0.3 is 0 Å². The molecule has 1 aromatic heterocycles. The Morgan fingerprint density at radius 2 is 1.79 bits per heavy atom. The Kier molecular flexibility index (Phi) is 2.83. The minimum atomic E-state index is -0.704. The van der Waals surface area contributed by atoms with Crippen molar-refractivity contribution in [2.75, 3.05) is 13.1 Å². The fourth-order valence-corrected chi connectivity index (χ4v) is 2.19. The molecule has 94 valence electrons. The van der Waals surface area contributed by atoms with Crippen LogP contribution in [0.15, 0.2) is 42.6 Å². The molecule has 0 saturated carbocycles. The van der Waals surface area contributed by atoms with E-state index in [2.05, 4.69) is 16.2 Å². The molecule has 1 fully saturated rings. The van der Waals surface area contributed by atoms with Crippen molar-refractivity contribution in [2.24, 2.45) is 0 Å². The molecule has 3 nitrogen and oxygen atoms in total. The van der Waals surface area contributed by atoms with Crippen LogP contribution in [-0.4, -0.2) is 23.2 Å². The molecular formula is C16H14N2O. The van der Waals surface area contributed by atoms with Gasteiger partial charge in [0.05, 0.1) is 0 Å². The maximum atomic E-state index is 10.2. The summed E-state index contributed by atoms with van der Waals surface area (Å²) in [6, 6.07) is 11.7. The summed E-state index contributed by atoms with van der Waals surface area (Å²) >= 11 is 0. The summed E-state index contributed by atoms with van der Waals surface area (Å²) < 4.78 is 0. The molecule has 0 unspecified atom stereocenters. The van der Waals surface area contributed by atoms with Gasteiger partial charge < -0.3 is 10.4 Å². The first kappa shape index (κ1) is 11.9. The number of nitrogens with one attached hydrogen (secondary N) is 1. The monoisotopic (exact) mass is 250 g/mol. The Morgan fingerprint density at radius 1 is 1.11 bits per heavy atom. The predicted molar refractivity (Wildman–Crippen MR) is 74.4 cm³/mol. The fourth-order valence-electron chi connectivity index (χ4n) is 2.19. The number of rotatable bonds is 2. The third-order valence-electron chi connectivity index (χ3n) is 3.50. The van der Waals surface area contributed by atoms with Crippen LogP contribution in [0.4, 0.5) is 0 Å². The van der Waals surface area contributed by atoms with E-state index in [1.807, 2.05) is 36.4 Å². The topological polar surface area (TPSA) is 45.1 Å². The molecule has 1 aromatic carbocycles. The van der Waals surface area contributed by atoms with Crippen LogP contribution < -0.4 is 5.32 Å². The van der Waals surface area contributed by atoms with Crippen LogP contribution in [0.2, 0.25) is 0 Å². The van der Waals surface area contributed by atoms with E-state index in [1.165, 1.54) is 0 Å². The number of hydrogen-bond donors (Lipinski definition) is 2. The molecule has 0 bridgehead atoms. The van der Waals surface area contributed by atoms with Gasteiger partial charge in [-0.2, -0.15) is 0 Å². The summed E-state index contributed by atoms with van der Waals surface area (Å²) in [6.07, 6.45) is 7.05. The highest BCUT2D eigenvalue weighted by Crippen LogP contribution is 2.27. The summed E-state index contributed by atoms with van der Waals surface area (Å²) in [6.45, 7) is 1.23. The molecule has 1 saturated heterocycles. The zero-order valence-electron chi connectivity index (χ0n) is 10.4. The number of aliphatic hydroxyl groups is 1. The largest absolute Gasteiger partial charge is 0.382 e. The van der Waals surface area contributed by atoms with Crippen LogP contribution >= 0.6 is 0 Å². The van der Waals surface area contributed by atoms with Crippen molar-refractivity contribution in [1.82, 2.24) is 10.3 Å². The maximum absolute atomic E-state index is 10.2. The highest BCUT2D eigenvalue weighted by molar-refractivity contribution is 5.63. The fraction of sp³-hybridized carbons (Fsp3) is 0.188. The normalized spacial score (nSPS) is 16.4. The smallest absolute Gasteiger partial charge is 0.114 e. The molecule has 3 rings (SSSR count). The van der Waals surface area contributed by atoms with Crippen molar-refractivity contribution >= 4 is 0 Å². The Morgan fingerprint density at radius 3 is 2.26 bits per heavy atom. The molecule has 2 aromatic rings. The number of nitrogens with zero attached hydrogens (tertiary/aromatic N) is 1. The summed E-state index contributed by atoms with van der Waals surface area (Å²) in [5.74, 6) is 2.50. The average molecular weight is 250 g/mol. The van der Waals surface area contributed by atoms with E-state index in [1.54, 1.807) is 6.20 Å². The summed E-state index contributed by atoms with van der Waals surface area (Å²) in [7, 11) is 0. The summed E-state index contributed by atoms with van der Waals surface area (Å²) in [5, 5.41) is 13.3. The summed E-state index contributed by atoms with van der Waals surface area (Å²) in [4.78, 5) is 4.18. The highest BCUT2D eigenvalue weighted by Gasteiger charge is 2.35. The van der Waals surface area contributed by atoms with Crippen molar-refractivity contribution < 1.29 is 5.11 Å². The van der Waals surface area contributed by atoms with Crippen LogP contribution in [0.3, 0.4) is 0 Å². The molecule has 2 heterocycles. The SMILES string of the molecule is C#Cc1ccc(-c2ccc(C3(O)CNC3)cc2)cn1. The van der Waals surface area contributed by atoms with Gasteiger partial charge in [-0.05, 0) is 17.2 Å². The van der Waals surface area contributed by atoms with Gasteiger partial charge in [-0.25, -0.2) is 4.98 Å². The lowest BCUT2D eigenvalue weighted by Crippen LogP contribution is -2.56. The third-order valence-corrected chi connectivity index (χ3v) is 3.50. The van der Waals surface area contributed by atoms with E-state index in [-0.39, 0.29) is 0 Å². The van der Waals surface area contributed by atoms with Gasteiger partial charge in [0.15, 0.2) is 0 Å². The Balaban J connectivity index is 1.87. The van der Waals surface area contributed by atoms with Gasteiger partial charge in [-0.3, -0.25) is 0 Å². The van der Waals surface area contributed by atoms with E-state index >= 15 is 0 Å².